The van der Waals surface area contributed by atoms with E-state index in [1.54, 1.807) is 12.1 Å². The molecule has 5 heteroatoms. The number of non-ortho nitro benzene ring substituents is 1. The third kappa shape index (κ3) is 3.63. The molecule has 1 aromatic carbocycles. The Hall–Kier alpha value is -1.75. The van der Waals surface area contributed by atoms with Crippen LogP contribution in [0.25, 0.3) is 0 Å². The monoisotopic (exact) mass is 276 g/mol. The largest absolute Gasteiger partial charge is 0.314 e. The van der Waals surface area contributed by atoms with Crippen LogP contribution in [0.2, 0.25) is 0 Å². The second-order valence-electron chi connectivity index (χ2n) is 5.38. The molecule has 108 valence electrons. The number of carbonyl (C=O) groups excluding carboxylic acids is 1. The molecule has 0 saturated carbocycles. The summed E-state index contributed by atoms with van der Waals surface area (Å²) in [5, 5.41) is 14.0. The number of nitrogens with zero attached hydrogens (tertiary/aromatic N) is 1. The highest BCUT2D eigenvalue weighted by Crippen LogP contribution is 2.22. The normalized spacial score (nSPS) is 22.4. The molecule has 5 nitrogen and oxygen atoms in total. The molecule has 0 aliphatic carbocycles. The van der Waals surface area contributed by atoms with E-state index in [2.05, 4.69) is 12.2 Å². The van der Waals surface area contributed by atoms with Gasteiger partial charge in [0.25, 0.3) is 5.69 Å². The summed E-state index contributed by atoms with van der Waals surface area (Å²) in [7, 11) is 0. The van der Waals surface area contributed by atoms with E-state index >= 15 is 0 Å². The second-order valence-corrected chi connectivity index (χ2v) is 5.38. The minimum Gasteiger partial charge on any atom is -0.314 e. The Bertz CT molecular complexity index is 484. The van der Waals surface area contributed by atoms with Gasteiger partial charge in [-0.1, -0.05) is 13.3 Å². The Morgan fingerprint density at radius 3 is 2.70 bits per heavy atom. The van der Waals surface area contributed by atoms with Gasteiger partial charge in [0, 0.05) is 30.2 Å². The van der Waals surface area contributed by atoms with E-state index in [4.69, 9.17) is 0 Å². The van der Waals surface area contributed by atoms with Crippen LogP contribution in [0.5, 0.6) is 0 Å². The average molecular weight is 276 g/mol. The summed E-state index contributed by atoms with van der Waals surface area (Å²) in [5.74, 6) is 0.750. The van der Waals surface area contributed by atoms with Gasteiger partial charge < -0.3 is 5.32 Å². The first kappa shape index (κ1) is 14.7. The van der Waals surface area contributed by atoms with Crippen molar-refractivity contribution < 1.29 is 9.72 Å². The van der Waals surface area contributed by atoms with Gasteiger partial charge in [-0.05, 0) is 37.4 Å². The number of ketones is 1. The van der Waals surface area contributed by atoms with Gasteiger partial charge >= 0.3 is 0 Å². The molecule has 2 rings (SSSR count). The third-order valence-corrected chi connectivity index (χ3v) is 4.01. The number of hydrogen-bond acceptors (Lipinski definition) is 4. The Balaban J connectivity index is 1.95. The van der Waals surface area contributed by atoms with E-state index in [0.29, 0.717) is 17.9 Å². The number of carbonyl (C=O) groups is 1. The Labute approximate surface area is 118 Å². The molecule has 0 bridgehead atoms. The number of nitro groups is 1. The molecule has 0 amide bonds. The van der Waals surface area contributed by atoms with Gasteiger partial charge in [0.05, 0.1) is 4.92 Å². The van der Waals surface area contributed by atoms with Crippen LogP contribution >= 0.6 is 0 Å². The standard InChI is InChI=1S/C15H20N2O3/c1-2-11-7-8-16-13(9-11)10-15(18)12-3-5-14(6-4-12)17(19)20/h3-6,11,13,16H,2,7-10H2,1H3. The van der Waals surface area contributed by atoms with E-state index in [-0.39, 0.29) is 17.5 Å². The number of nitrogens with one attached hydrogen (secondary N) is 1. The van der Waals surface area contributed by atoms with Gasteiger partial charge in [0.1, 0.15) is 0 Å². The number of rotatable bonds is 5. The molecule has 1 N–H and O–H groups in total. The number of nitro benzene ring substituents is 1. The lowest BCUT2D eigenvalue weighted by Gasteiger charge is -2.29. The highest BCUT2D eigenvalue weighted by atomic mass is 16.6. The molecule has 1 heterocycles. The number of benzene rings is 1. The van der Waals surface area contributed by atoms with E-state index in [1.807, 2.05) is 0 Å². The van der Waals surface area contributed by atoms with Crippen molar-refractivity contribution in [3.63, 3.8) is 0 Å². The number of hydrogen-bond donors (Lipinski definition) is 1. The molecule has 1 saturated heterocycles. The van der Waals surface area contributed by atoms with Gasteiger partial charge in [-0.25, -0.2) is 0 Å². The van der Waals surface area contributed by atoms with Crippen molar-refractivity contribution in [1.29, 1.82) is 0 Å². The Morgan fingerprint density at radius 2 is 2.10 bits per heavy atom. The first-order valence-corrected chi connectivity index (χ1v) is 7.11. The van der Waals surface area contributed by atoms with E-state index < -0.39 is 4.92 Å². The van der Waals surface area contributed by atoms with Gasteiger partial charge in [-0.15, -0.1) is 0 Å². The van der Waals surface area contributed by atoms with E-state index in [1.165, 1.54) is 18.6 Å². The lowest BCUT2D eigenvalue weighted by molar-refractivity contribution is -0.384. The maximum atomic E-state index is 12.2. The lowest BCUT2D eigenvalue weighted by atomic mass is 9.87. The van der Waals surface area contributed by atoms with Crippen LogP contribution in [0.15, 0.2) is 24.3 Å². The van der Waals surface area contributed by atoms with Crippen molar-refractivity contribution in [3.8, 4) is 0 Å². The van der Waals surface area contributed by atoms with E-state index in [9.17, 15) is 14.9 Å². The SMILES string of the molecule is CCC1CCNC(CC(=O)c2ccc([N+](=O)[O-])cc2)C1. The van der Waals surface area contributed by atoms with Crippen molar-refractivity contribution >= 4 is 11.5 Å². The lowest BCUT2D eigenvalue weighted by Crippen LogP contribution is -2.39. The van der Waals surface area contributed by atoms with Crippen molar-refractivity contribution in [2.75, 3.05) is 6.54 Å². The number of piperidine rings is 1. The van der Waals surface area contributed by atoms with Crippen LogP contribution in [-0.4, -0.2) is 23.3 Å². The Morgan fingerprint density at radius 1 is 1.40 bits per heavy atom. The zero-order chi connectivity index (χ0) is 14.5. The van der Waals surface area contributed by atoms with Crippen LogP contribution in [0, 0.1) is 16.0 Å². The fraction of sp³-hybridized carbons (Fsp3) is 0.533. The maximum Gasteiger partial charge on any atom is 0.269 e. The summed E-state index contributed by atoms with van der Waals surface area (Å²) >= 11 is 0. The van der Waals surface area contributed by atoms with E-state index in [0.717, 1.165) is 19.4 Å². The van der Waals surface area contributed by atoms with Crippen LogP contribution in [0.4, 0.5) is 5.69 Å². The average Bonchev–Trinajstić information content (AvgIpc) is 2.47. The summed E-state index contributed by atoms with van der Waals surface area (Å²) in [6, 6.07) is 6.09. The number of Topliss-reactive ketones (excluding diaryl/α,β-unsaturated/α-hetero) is 1. The van der Waals surface area contributed by atoms with Gasteiger partial charge in [0.15, 0.2) is 5.78 Å². The summed E-state index contributed by atoms with van der Waals surface area (Å²) in [4.78, 5) is 22.3. The molecule has 0 radical (unpaired) electrons. The molecule has 1 aromatic rings. The van der Waals surface area contributed by atoms with Crippen molar-refractivity contribution in [2.24, 2.45) is 5.92 Å². The van der Waals surface area contributed by atoms with Crippen LogP contribution in [0.1, 0.15) is 43.0 Å². The molecule has 0 aromatic heterocycles. The third-order valence-electron chi connectivity index (χ3n) is 4.01. The minimum atomic E-state index is -0.456. The van der Waals surface area contributed by atoms with Gasteiger partial charge in [0.2, 0.25) is 0 Å². The smallest absolute Gasteiger partial charge is 0.269 e. The summed E-state index contributed by atoms with van der Waals surface area (Å²) in [6.45, 7) is 3.15. The summed E-state index contributed by atoms with van der Waals surface area (Å²) in [5.41, 5.74) is 0.569. The highest BCUT2D eigenvalue weighted by Gasteiger charge is 2.23. The summed E-state index contributed by atoms with van der Waals surface area (Å²) < 4.78 is 0. The zero-order valence-electron chi connectivity index (χ0n) is 11.7. The van der Waals surface area contributed by atoms with Gasteiger partial charge in [-0.2, -0.15) is 0 Å². The predicted molar refractivity (Wildman–Crippen MR) is 76.8 cm³/mol. The predicted octanol–water partition coefficient (Wildman–Crippen LogP) is 2.95. The molecule has 1 aliphatic rings. The maximum absolute atomic E-state index is 12.2. The second kappa shape index (κ2) is 6.61. The molecular weight excluding hydrogens is 256 g/mol. The fourth-order valence-electron chi connectivity index (χ4n) is 2.73. The highest BCUT2D eigenvalue weighted by molar-refractivity contribution is 5.96. The van der Waals surface area contributed by atoms with Crippen LogP contribution < -0.4 is 5.32 Å². The molecule has 2 atom stereocenters. The molecule has 2 unspecified atom stereocenters. The minimum absolute atomic E-state index is 0.0170. The zero-order valence-corrected chi connectivity index (χ0v) is 11.7. The first-order valence-electron chi connectivity index (χ1n) is 7.11. The molecular formula is C15H20N2O3. The van der Waals surface area contributed by atoms with Crippen LogP contribution in [-0.2, 0) is 0 Å². The first-order chi connectivity index (χ1) is 9.60. The molecule has 1 aliphatic heterocycles. The van der Waals surface area contributed by atoms with Gasteiger partial charge in [-0.3, -0.25) is 14.9 Å². The fourth-order valence-corrected chi connectivity index (χ4v) is 2.73. The quantitative estimate of drug-likeness (QED) is 0.510. The molecule has 20 heavy (non-hydrogen) atoms. The molecule has 1 fully saturated rings. The molecule has 0 spiro atoms. The van der Waals surface area contributed by atoms with Crippen LogP contribution in [0.3, 0.4) is 0 Å². The summed E-state index contributed by atoms with van der Waals surface area (Å²) in [6.07, 6.45) is 3.84. The topological polar surface area (TPSA) is 72.2 Å². The van der Waals surface area contributed by atoms with Crippen molar-refractivity contribution in [3.05, 3.63) is 39.9 Å². The van der Waals surface area contributed by atoms with Crippen molar-refractivity contribution in [1.82, 2.24) is 5.32 Å². The Kier molecular flexibility index (Phi) is 4.84. The van der Waals surface area contributed by atoms with Crippen molar-refractivity contribution in [2.45, 2.75) is 38.6 Å².